The Bertz CT molecular complexity index is 484. The van der Waals surface area contributed by atoms with E-state index in [-0.39, 0.29) is 22.4 Å². The van der Waals surface area contributed by atoms with Crippen molar-refractivity contribution in [1.29, 1.82) is 0 Å². The minimum atomic E-state index is -0.641. The lowest BCUT2D eigenvalue weighted by Crippen LogP contribution is -2.18. The van der Waals surface area contributed by atoms with Gasteiger partial charge in [-0.25, -0.2) is 4.79 Å². The van der Waals surface area contributed by atoms with Crippen molar-refractivity contribution in [3.05, 3.63) is 38.9 Å². The van der Waals surface area contributed by atoms with Gasteiger partial charge in [-0.3, -0.25) is 10.1 Å². The number of carbonyl (C=O) groups excluding carboxylic acids is 1. The molecule has 1 aliphatic heterocycles. The maximum atomic E-state index is 11.7. The molecule has 1 aromatic carbocycles. The third kappa shape index (κ3) is 2.77. The highest BCUT2D eigenvalue weighted by Crippen LogP contribution is 2.25. The fraction of sp³-hybridized carbons (Fsp3) is 0.364. The van der Waals surface area contributed by atoms with Crippen molar-refractivity contribution < 1.29 is 19.2 Å². The maximum Gasteiger partial charge on any atom is 0.338 e. The van der Waals surface area contributed by atoms with Gasteiger partial charge in [0.25, 0.3) is 5.69 Å². The average Bonchev–Trinajstić information content (AvgIpc) is 2.81. The highest BCUT2D eigenvalue weighted by Gasteiger charge is 2.22. The quantitative estimate of drug-likeness (QED) is 0.478. The molecule has 0 aromatic heterocycles. The lowest BCUT2D eigenvalue weighted by Gasteiger charge is -2.09. The summed E-state index contributed by atoms with van der Waals surface area (Å²) in [7, 11) is 0. The van der Waals surface area contributed by atoms with E-state index in [2.05, 4.69) is 0 Å². The topological polar surface area (TPSA) is 78.7 Å². The Hall–Kier alpha value is -1.66. The number of nitrogens with zero attached hydrogens (tertiary/aromatic N) is 1. The Morgan fingerprint density at radius 3 is 2.94 bits per heavy atom. The summed E-state index contributed by atoms with van der Waals surface area (Å²) >= 11 is 5.65. The second kappa shape index (κ2) is 5.32. The number of benzene rings is 1. The number of halogens is 1. The molecular weight excluding hydrogens is 262 g/mol. The van der Waals surface area contributed by atoms with Crippen molar-refractivity contribution in [2.24, 2.45) is 0 Å². The van der Waals surface area contributed by atoms with E-state index in [9.17, 15) is 14.9 Å². The molecule has 0 amide bonds. The van der Waals surface area contributed by atoms with Gasteiger partial charge < -0.3 is 9.47 Å². The lowest BCUT2D eigenvalue weighted by molar-refractivity contribution is -0.384. The number of hydrogen-bond acceptors (Lipinski definition) is 5. The molecular formula is C11H10ClNO5. The molecule has 0 bridgehead atoms. The molecule has 18 heavy (non-hydrogen) atoms. The fourth-order valence-electron chi connectivity index (χ4n) is 1.60. The van der Waals surface area contributed by atoms with Crippen LogP contribution in [0.3, 0.4) is 0 Å². The van der Waals surface area contributed by atoms with E-state index < -0.39 is 10.9 Å². The van der Waals surface area contributed by atoms with Gasteiger partial charge in [0.2, 0.25) is 0 Å². The van der Waals surface area contributed by atoms with E-state index in [1.165, 1.54) is 12.1 Å². The Kier molecular flexibility index (Phi) is 3.78. The average molecular weight is 272 g/mol. The van der Waals surface area contributed by atoms with E-state index >= 15 is 0 Å². The number of esters is 1. The number of carbonyl (C=O) groups is 1. The molecule has 0 saturated carbocycles. The first kappa shape index (κ1) is 12.8. The molecule has 96 valence electrons. The molecule has 1 unspecified atom stereocenters. The predicted molar refractivity (Wildman–Crippen MR) is 62.7 cm³/mol. The minimum Gasteiger partial charge on any atom is -0.456 e. The molecule has 1 heterocycles. The third-order valence-electron chi connectivity index (χ3n) is 2.54. The summed E-state index contributed by atoms with van der Waals surface area (Å²) in [5.74, 6) is -0.606. The maximum absolute atomic E-state index is 11.7. The van der Waals surface area contributed by atoms with Crippen molar-refractivity contribution in [1.82, 2.24) is 0 Å². The molecule has 1 aromatic rings. The summed E-state index contributed by atoms with van der Waals surface area (Å²) in [5, 5.41) is 10.7. The highest BCUT2D eigenvalue weighted by molar-refractivity contribution is 6.32. The first-order valence-electron chi connectivity index (χ1n) is 5.30. The first-order valence-corrected chi connectivity index (χ1v) is 5.68. The predicted octanol–water partition coefficient (Wildman–Crippen LogP) is 2.19. The smallest absolute Gasteiger partial charge is 0.338 e. The standard InChI is InChI=1S/C11H10ClNO5/c12-9-2-1-7(5-10(9)13(15)16)11(14)18-8-3-4-17-6-8/h1-2,5,8H,3-4,6H2. The van der Waals surface area contributed by atoms with Gasteiger partial charge in [-0.15, -0.1) is 0 Å². The summed E-state index contributed by atoms with van der Waals surface area (Å²) in [5.41, 5.74) is -0.202. The van der Waals surface area contributed by atoms with Gasteiger partial charge in [-0.2, -0.15) is 0 Å². The van der Waals surface area contributed by atoms with Crippen LogP contribution in [0.1, 0.15) is 16.8 Å². The number of nitro benzene ring substituents is 1. The van der Waals surface area contributed by atoms with Crippen molar-refractivity contribution in [2.75, 3.05) is 13.2 Å². The second-order valence-corrected chi connectivity index (χ2v) is 4.22. The van der Waals surface area contributed by atoms with Gasteiger partial charge in [0.1, 0.15) is 11.1 Å². The molecule has 0 aliphatic carbocycles. The second-order valence-electron chi connectivity index (χ2n) is 3.81. The fourth-order valence-corrected chi connectivity index (χ4v) is 1.79. The summed E-state index contributed by atoms with van der Waals surface area (Å²) in [6.07, 6.45) is 0.355. The van der Waals surface area contributed by atoms with Crippen LogP contribution in [-0.2, 0) is 9.47 Å². The van der Waals surface area contributed by atoms with Crippen molar-refractivity contribution in [3.63, 3.8) is 0 Å². The Labute approximate surface area is 108 Å². The zero-order valence-corrected chi connectivity index (χ0v) is 10.1. The van der Waals surface area contributed by atoms with Crippen molar-refractivity contribution in [3.8, 4) is 0 Å². The van der Waals surface area contributed by atoms with Crippen molar-refractivity contribution >= 4 is 23.3 Å². The Morgan fingerprint density at radius 2 is 2.33 bits per heavy atom. The lowest BCUT2D eigenvalue weighted by atomic mass is 10.2. The monoisotopic (exact) mass is 271 g/mol. The summed E-state index contributed by atoms with van der Waals surface area (Å²) in [6, 6.07) is 3.81. The molecule has 0 radical (unpaired) electrons. The molecule has 0 N–H and O–H groups in total. The van der Waals surface area contributed by atoms with Crippen molar-refractivity contribution in [2.45, 2.75) is 12.5 Å². The van der Waals surface area contributed by atoms with Crippen LogP contribution in [0.25, 0.3) is 0 Å². The van der Waals surface area contributed by atoms with E-state index in [1.54, 1.807) is 0 Å². The summed E-state index contributed by atoms with van der Waals surface area (Å²) in [4.78, 5) is 21.8. The molecule has 7 heteroatoms. The Balaban J connectivity index is 2.14. The molecule has 1 fully saturated rings. The summed E-state index contributed by atoms with van der Waals surface area (Å²) < 4.78 is 10.2. The van der Waals surface area contributed by atoms with Gasteiger partial charge in [0.15, 0.2) is 0 Å². The summed E-state index contributed by atoms with van der Waals surface area (Å²) in [6.45, 7) is 0.917. The van der Waals surface area contributed by atoms with Crippen LogP contribution in [-0.4, -0.2) is 30.2 Å². The van der Waals surface area contributed by atoms with Gasteiger partial charge >= 0.3 is 5.97 Å². The van der Waals surface area contributed by atoms with Crippen LogP contribution in [0.5, 0.6) is 0 Å². The molecule has 1 saturated heterocycles. The van der Waals surface area contributed by atoms with E-state index in [0.29, 0.717) is 19.6 Å². The molecule has 0 spiro atoms. The van der Waals surface area contributed by atoms with Gasteiger partial charge in [0.05, 0.1) is 23.7 Å². The number of ether oxygens (including phenoxy) is 2. The molecule has 1 aliphatic rings. The third-order valence-corrected chi connectivity index (χ3v) is 2.86. The zero-order chi connectivity index (χ0) is 13.1. The largest absolute Gasteiger partial charge is 0.456 e. The number of hydrogen-bond donors (Lipinski definition) is 0. The van der Waals surface area contributed by atoms with Crippen LogP contribution >= 0.6 is 11.6 Å². The van der Waals surface area contributed by atoms with E-state index in [4.69, 9.17) is 21.1 Å². The zero-order valence-electron chi connectivity index (χ0n) is 9.30. The SMILES string of the molecule is O=C(OC1CCOC1)c1ccc(Cl)c([N+](=O)[O-])c1. The highest BCUT2D eigenvalue weighted by atomic mass is 35.5. The van der Waals surface area contributed by atoms with E-state index in [0.717, 1.165) is 6.07 Å². The minimum absolute atomic E-state index is 0.0132. The first-order chi connectivity index (χ1) is 8.58. The molecule has 2 rings (SSSR count). The van der Waals surface area contributed by atoms with Gasteiger partial charge in [0, 0.05) is 12.5 Å². The van der Waals surface area contributed by atoms with Crippen LogP contribution in [0, 0.1) is 10.1 Å². The number of rotatable bonds is 3. The van der Waals surface area contributed by atoms with E-state index in [1.807, 2.05) is 0 Å². The van der Waals surface area contributed by atoms with Crippen LogP contribution in [0.2, 0.25) is 5.02 Å². The van der Waals surface area contributed by atoms with Crippen LogP contribution in [0.4, 0.5) is 5.69 Å². The van der Waals surface area contributed by atoms with Gasteiger partial charge in [-0.1, -0.05) is 11.6 Å². The number of nitro groups is 1. The van der Waals surface area contributed by atoms with Crippen LogP contribution in [0.15, 0.2) is 18.2 Å². The molecule has 1 atom stereocenters. The Morgan fingerprint density at radius 1 is 1.56 bits per heavy atom. The molecule has 6 nitrogen and oxygen atoms in total. The normalized spacial score (nSPS) is 18.6. The van der Waals surface area contributed by atoms with Gasteiger partial charge in [-0.05, 0) is 12.1 Å². The van der Waals surface area contributed by atoms with Crippen LogP contribution < -0.4 is 0 Å².